The van der Waals surface area contributed by atoms with Gasteiger partial charge in [-0.2, -0.15) is 0 Å². The zero-order valence-corrected chi connectivity index (χ0v) is 34.0. The first-order valence-electron chi connectivity index (χ1n) is 21.9. The van der Waals surface area contributed by atoms with E-state index in [4.69, 9.17) is 18.9 Å². The fourth-order valence-electron chi connectivity index (χ4n) is 6.63. The predicted octanol–water partition coefficient (Wildman–Crippen LogP) is 9.42. The first-order valence-corrected chi connectivity index (χ1v) is 21.9. The minimum absolute atomic E-state index is 0.116. The summed E-state index contributed by atoms with van der Waals surface area (Å²) in [4.78, 5) is 12.7. The lowest BCUT2D eigenvalue weighted by molar-refractivity contribution is -0.305. The summed E-state index contributed by atoms with van der Waals surface area (Å²) in [6, 6.07) is 0. The number of aliphatic hydroxyl groups is 4. The lowest BCUT2D eigenvalue weighted by Crippen LogP contribution is -2.59. The summed E-state index contributed by atoms with van der Waals surface area (Å²) in [5.41, 5.74) is 0. The molecule has 0 amide bonds. The molecule has 4 N–H and O–H groups in total. The zero-order chi connectivity index (χ0) is 38.6. The molecule has 0 radical (unpaired) electrons. The van der Waals surface area contributed by atoms with Gasteiger partial charge in [-0.25, -0.2) is 0 Å². The Hall–Kier alpha value is -1.33. The molecule has 0 aliphatic carbocycles. The van der Waals surface area contributed by atoms with Gasteiger partial charge in [-0.15, -0.1) is 0 Å². The average molecular weight is 755 g/mol. The molecule has 312 valence electrons. The van der Waals surface area contributed by atoms with Crippen LogP contribution in [0.2, 0.25) is 0 Å². The van der Waals surface area contributed by atoms with Gasteiger partial charge in [-0.3, -0.25) is 4.79 Å². The van der Waals surface area contributed by atoms with Crippen molar-refractivity contribution >= 4 is 5.97 Å². The molecule has 9 heteroatoms. The maximum Gasteiger partial charge on any atom is 0.306 e. The van der Waals surface area contributed by atoms with Crippen LogP contribution in [0, 0.1) is 0 Å². The van der Waals surface area contributed by atoms with Crippen molar-refractivity contribution in [3.63, 3.8) is 0 Å². The lowest BCUT2D eigenvalue weighted by atomic mass is 9.99. The number of esters is 1. The van der Waals surface area contributed by atoms with Crippen LogP contribution < -0.4 is 0 Å². The first-order chi connectivity index (χ1) is 25.9. The first kappa shape index (κ1) is 49.7. The molecule has 1 rings (SSSR count). The van der Waals surface area contributed by atoms with Gasteiger partial charge in [0, 0.05) is 13.0 Å². The van der Waals surface area contributed by atoms with Crippen LogP contribution in [0.25, 0.3) is 0 Å². The molecular formula is C44H82O9. The number of rotatable bonds is 37. The van der Waals surface area contributed by atoms with Crippen LogP contribution in [0.15, 0.2) is 24.3 Å². The van der Waals surface area contributed by atoms with Crippen LogP contribution in [0.5, 0.6) is 0 Å². The highest BCUT2D eigenvalue weighted by Crippen LogP contribution is 2.22. The fraction of sp³-hybridized carbons (Fsp3) is 0.886. The Morgan fingerprint density at radius 3 is 1.68 bits per heavy atom. The number of hydrogen-bond acceptors (Lipinski definition) is 9. The van der Waals surface area contributed by atoms with Gasteiger partial charge in [-0.1, -0.05) is 167 Å². The molecule has 1 fully saturated rings. The van der Waals surface area contributed by atoms with Gasteiger partial charge >= 0.3 is 5.97 Å². The summed E-state index contributed by atoms with van der Waals surface area (Å²) in [7, 11) is 0. The second-order valence-corrected chi connectivity index (χ2v) is 15.1. The SMILES string of the molecule is CCCC/C=C\C/C=C\CCCCCCCC(=O)OC(COCCCCCCCCCCCCCCCCCC)COC1OC(CO)C(O)C(O)C1O. The molecule has 6 unspecified atom stereocenters. The van der Waals surface area contributed by atoms with Crippen molar-refractivity contribution in [2.45, 2.75) is 224 Å². The molecule has 0 spiro atoms. The fourth-order valence-corrected chi connectivity index (χ4v) is 6.63. The van der Waals surface area contributed by atoms with Gasteiger partial charge in [0.15, 0.2) is 6.29 Å². The summed E-state index contributed by atoms with van der Waals surface area (Å²) < 4.78 is 22.8. The lowest BCUT2D eigenvalue weighted by Gasteiger charge is -2.39. The van der Waals surface area contributed by atoms with Crippen LogP contribution in [-0.2, 0) is 23.7 Å². The Balaban J connectivity index is 2.28. The van der Waals surface area contributed by atoms with E-state index < -0.39 is 43.4 Å². The van der Waals surface area contributed by atoms with Gasteiger partial charge in [0.25, 0.3) is 0 Å². The topological polar surface area (TPSA) is 135 Å². The van der Waals surface area contributed by atoms with Gasteiger partial charge in [0.2, 0.25) is 0 Å². The van der Waals surface area contributed by atoms with Gasteiger partial charge in [-0.05, 0) is 38.5 Å². The number of aliphatic hydroxyl groups excluding tert-OH is 4. The zero-order valence-electron chi connectivity index (χ0n) is 34.0. The molecule has 1 heterocycles. The Morgan fingerprint density at radius 1 is 0.604 bits per heavy atom. The Kier molecular flexibility index (Phi) is 34.0. The molecule has 53 heavy (non-hydrogen) atoms. The number of carbonyl (C=O) groups excluding carboxylic acids is 1. The molecule has 1 aliphatic heterocycles. The smallest absolute Gasteiger partial charge is 0.306 e. The van der Waals surface area contributed by atoms with Crippen molar-refractivity contribution in [1.82, 2.24) is 0 Å². The van der Waals surface area contributed by atoms with Crippen LogP contribution in [0.1, 0.15) is 187 Å². The Bertz CT molecular complexity index is 864. The van der Waals surface area contributed by atoms with E-state index in [1.165, 1.54) is 109 Å². The Labute approximate surface area is 324 Å². The third kappa shape index (κ3) is 27.8. The number of hydrogen-bond donors (Lipinski definition) is 4. The summed E-state index contributed by atoms with van der Waals surface area (Å²) in [5.74, 6) is -0.326. The quantitative estimate of drug-likeness (QED) is 0.0278. The van der Waals surface area contributed by atoms with E-state index in [1.807, 2.05) is 0 Å². The third-order valence-electron chi connectivity index (χ3n) is 10.1. The van der Waals surface area contributed by atoms with E-state index >= 15 is 0 Å². The maximum absolute atomic E-state index is 12.7. The van der Waals surface area contributed by atoms with E-state index in [-0.39, 0.29) is 19.2 Å². The minimum Gasteiger partial charge on any atom is -0.457 e. The van der Waals surface area contributed by atoms with Crippen molar-refractivity contribution in [2.24, 2.45) is 0 Å². The number of allylic oxidation sites excluding steroid dienone is 4. The van der Waals surface area contributed by atoms with Crippen LogP contribution in [-0.4, -0.2) is 89.6 Å². The van der Waals surface area contributed by atoms with Gasteiger partial charge in [0.1, 0.15) is 30.5 Å². The molecule has 0 bridgehead atoms. The molecule has 0 aromatic carbocycles. The van der Waals surface area contributed by atoms with Gasteiger partial charge in [0.05, 0.1) is 19.8 Å². The minimum atomic E-state index is -1.54. The summed E-state index contributed by atoms with van der Waals surface area (Å²) >= 11 is 0. The highest BCUT2D eigenvalue weighted by molar-refractivity contribution is 5.69. The van der Waals surface area contributed by atoms with Crippen molar-refractivity contribution < 1.29 is 44.2 Å². The molecule has 9 nitrogen and oxygen atoms in total. The Morgan fingerprint density at radius 2 is 1.11 bits per heavy atom. The van der Waals surface area contributed by atoms with E-state index in [1.54, 1.807) is 0 Å². The summed E-state index contributed by atoms with van der Waals surface area (Å²) in [5, 5.41) is 40.1. The molecule has 0 aromatic heterocycles. The monoisotopic (exact) mass is 755 g/mol. The largest absolute Gasteiger partial charge is 0.457 e. The highest BCUT2D eigenvalue weighted by Gasteiger charge is 2.44. The molecule has 0 aromatic rings. The van der Waals surface area contributed by atoms with Crippen molar-refractivity contribution in [1.29, 1.82) is 0 Å². The molecular weight excluding hydrogens is 672 g/mol. The van der Waals surface area contributed by atoms with Gasteiger partial charge < -0.3 is 39.4 Å². The number of ether oxygens (including phenoxy) is 4. The normalized spacial score (nSPS) is 21.2. The summed E-state index contributed by atoms with van der Waals surface area (Å²) in [6.45, 7) is 4.52. The van der Waals surface area contributed by atoms with E-state index in [2.05, 4.69) is 38.2 Å². The second kappa shape index (κ2) is 36.3. The third-order valence-corrected chi connectivity index (χ3v) is 10.1. The molecule has 1 aliphatic rings. The van der Waals surface area contributed by atoms with Crippen LogP contribution >= 0.6 is 0 Å². The van der Waals surface area contributed by atoms with Crippen LogP contribution in [0.4, 0.5) is 0 Å². The van der Waals surface area contributed by atoms with E-state index in [9.17, 15) is 25.2 Å². The van der Waals surface area contributed by atoms with Crippen molar-refractivity contribution in [2.75, 3.05) is 26.4 Å². The summed E-state index contributed by atoms with van der Waals surface area (Å²) in [6.07, 6.45) is 33.4. The maximum atomic E-state index is 12.7. The molecule has 6 atom stereocenters. The van der Waals surface area contributed by atoms with Crippen molar-refractivity contribution in [3.8, 4) is 0 Å². The van der Waals surface area contributed by atoms with E-state index in [0.29, 0.717) is 13.0 Å². The predicted molar refractivity (Wildman–Crippen MR) is 215 cm³/mol. The molecule has 0 saturated carbocycles. The highest BCUT2D eigenvalue weighted by atomic mass is 16.7. The average Bonchev–Trinajstić information content (AvgIpc) is 3.16. The number of carbonyl (C=O) groups is 1. The van der Waals surface area contributed by atoms with Crippen LogP contribution in [0.3, 0.4) is 0 Å². The molecule has 1 saturated heterocycles. The van der Waals surface area contributed by atoms with E-state index in [0.717, 1.165) is 57.8 Å². The standard InChI is InChI=1S/C44H82O9/c1-3-5-7-9-11-13-15-17-19-20-22-24-26-28-30-32-34-50-36-38(37-51-44-43(49)42(48)41(47)39(35-45)53-44)52-40(46)33-31-29-27-25-23-21-18-16-14-12-10-8-6-4-2/h10,12,16,18,38-39,41-45,47-49H,3-9,11,13-15,17,19-37H2,1-2H3/b12-10-,18-16-. The number of unbranched alkanes of at least 4 members (excludes halogenated alkanes) is 22. The second-order valence-electron chi connectivity index (χ2n) is 15.1. The van der Waals surface area contributed by atoms with Crippen molar-refractivity contribution in [3.05, 3.63) is 24.3 Å².